The molecule has 1 saturated heterocycles. The molecule has 0 saturated carbocycles. The lowest BCUT2D eigenvalue weighted by Crippen LogP contribution is -2.61. The number of carboxylic acid groups (broad SMARTS) is 1. The fourth-order valence-electron chi connectivity index (χ4n) is 1.50. The number of ether oxygens (including phenoxy) is 2. The summed E-state index contributed by atoms with van der Waals surface area (Å²) < 4.78 is 10.2. The summed E-state index contributed by atoms with van der Waals surface area (Å²) in [5.74, 6) is -1.43. The van der Waals surface area contributed by atoms with E-state index in [0.717, 1.165) is 0 Å². The maximum atomic E-state index is 10.8. The molecule has 4 N–H and O–H groups in total. The molecule has 5 atom stereocenters. The van der Waals surface area contributed by atoms with Crippen LogP contribution in [0.15, 0.2) is 0 Å². The normalized spacial score (nSPS) is 39.1. The van der Waals surface area contributed by atoms with Gasteiger partial charge in [0.05, 0.1) is 5.60 Å². The first-order valence-electron chi connectivity index (χ1n) is 5.24. The van der Waals surface area contributed by atoms with E-state index in [0.29, 0.717) is 0 Å². The number of carbonyl (C=O) groups is 1. The third kappa shape index (κ3) is 3.36. The van der Waals surface area contributed by atoms with Gasteiger partial charge in [-0.15, -0.1) is 0 Å². The second-order valence-corrected chi connectivity index (χ2v) is 4.97. The molecule has 1 fully saturated rings. The second kappa shape index (κ2) is 4.87. The first-order valence-corrected chi connectivity index (χ1v) is 5.24. The van der Waals surface area contributed by atoms with Crippen molar-refractivity contribution in [3.63, 3.8) is 0 Å². The van der Waals surface area contributed by atoms with Gasteiger partial charge in [0.1, 0.15) is 18.3 Å². The quantitative estimate of drug-likeness (QED) is 0.481. The van der Waals surface area contributed by atoms with E-state index < -0.39 is 42.3 Å². The van der Waals surface area contributed by atoms with E-state index in [-0.39, 0.29) is 0 Å². The van der Waals surface area contributed by atoms with Gasteiger partial charge >= 0.3 is 5.97 Å². The Balaban J connectivity index is 2.82. The Bertz CT molecular complexity index is 285. The van der Waals surface area contributed by atoms with Crippen LogP contribution in [0.2, 0.25) is 0 Å². The summed E-state index contributed by atoms with van der Waals surface area (Å²) in [6.45, 7) is 5.07. The number of aliphatic carboxylic acids is 1. The molecule has 0 amide bonds. The van der Waals surface area contributed by atoms with Gasteiger partial charge in [-0.05, 0) is 20.8 Å². The van der Waals surface area contributed by atoms with Crippen LogP contribution in [0.1, 0.15) is 20.8 Å². The lowest BCUT2D eigenvalue weighted by atomic mass is 9.98. The van der Waals surface area contributed by atoms with Gasteiger partial charge in [0.2, 0.25) is 0 Å². The van der Waals surface area contributed by atoms with E-state index in [1.165, 1.54) is 0 Å². The van der Waals surface area contributed by atoms with Crippen LogP contribution >= 0.6 is 0 Å². The highest BCUT2D eigenvalue weighted by molar-refractivity contribution is 5.73. The zero-order chi connectivity index (χ0) is 13.4. The summed E-state index contributed by atoms with van der Waals surface area (Å²) >= 11 is 0. The summed E-state index contributed by atoms with van der Waals surface area (Å²) in [5, 5.41) is 37.3. The average Bonchev–Trinajstić information content (AvgIpc) is 2.16. The van der Waals surface area contributed by atoms with Crippen LogP contribution < -0.4 is 0 Å². The van der Waals surface area contributed by atoms with E-state index in [1.807, 2.05) is 0 Å². The first kappa shape index (κ1) is 14.3. The first-order chi connectivity index (χ1) is 7.63. The van der Waals surface area contributed by atoms with Gasteiger partial charge in [0, 0.05) is 0 Å². The monoisotopic (exact) mass is 250 g/mol. The van der Waals surface area contributed by atoms with Gasteiger partial charge in [0.25, 0.3) is 0 Å². The fourth-order valence-corrected chi connectivity index (χ4v) is 1.50. The molecule has 1 aliphatic rings. The molecule has 1 rings (SSSR count). The van der Waals surface area contributed by atoms with E-state index in [4.69, 9.17) is 14.6 Å². The molecule has 1 aliphatic heterocycles. The Morgan fingerprint density at radius 3 is 2.06 bits per heavy atom. The third-order valence-electron chi connectivity index (χ3n) is 2.28. The van der Waals surface area contributed by atoms with Gasteiger partial charge in [-0.1, -0.05) is 0 Å². The van der Waals surface area contributed by atoms with Gasteiger partial charge in [0.15, 0.2) is 12.4 Å². The van der Waals surface area contributed by atoms with Gasteiger partial charge in [-0.25, -0.2) is 4.79 Å². The zero-order valence-corrected chi connectivity index (χ0v) is 9.90. The van der Waals surface area contributed by atoms with E-state index in [1.54, 1.807) is 20.8 Å². The molecule has 1 heterocycles. The Morgan fingerprint density at radius 2 is 1.65 bits per heavy atom. The van der Waals surface area contributed by atoms with Crippen molar-refractivity contribution < 1.29 is 34.7 Å². The standard InChI is InChI=1S/C10H18O7/c1-10(2,3)17-9-6(13)4(11)5(12)7(16-9)8(14)15/h4-7,9,11-13H,1-3H3,(H,14,15)/t4-,5-,6+,7-,9-/m0/s1. The van der Waals surface area contributed by atoms with Crippen LogP contribution in [-0.4, -0.2) is 62.7 Å². The Labute approximate surface area is 98.6 Å². The molecule has 0 aliphatic carbocycles. The Morgan fingerprint density at radius 1 is 1.12 bits per heavy atom. The number of hydrogen-bond donors (Lipinski definition) is 4. The lowest BCUT2D eigenvalue weighted by Gasteiger charge is -2.40. The molecule has 0 unspecified atom stereocenters. The molecular formula is C10H18O7. The number of rotatable bonds is 2. The smallest absolute Gasteiger partial charge is 0.335 e. The van der Waals surface area contributed by atoms with Crippen molar-refractivity contribution in [2.45, 2.75) is 57.1 Å². The van der Waals surface area contributed by atoms with Crippen molar-refractivity contribution in [2.24, 2.45) is 0 Å². The van der Waals surface area contributed by atoms with E-state index in [2.05, 4.69) is 0 Å². The van der Waals surface area contributed by atoms with Crippen LogP contribution in [0.3, 0.4) is 0 Å². The predicted octanol–water partition coefficient (Wildman–Crippen LogP) is -1.31. The zero-order valence-electron chi connectivity index (χ0n) is 9.90. The molecule has 0 spiro atoms. The van der Waals surface area contributed by atoms with Crippen LogP contribution in [0.5, 0.6) is 0 Å². The second-order valence-electron chi connectivity index (χ2n) is 4.97. The minimum Gasteiger partial charge on any atom is -0.479 e. The Hall–Kier alpha value is -0.730. The molecule has 100 valence electrons. The number of aliphatic hydroxyl groups excluding tert-OH is 3. The summed E-state index contributed by atoms with van der Waals surface area (Å²) in [6.07, 6.45) is -7.74. The van der Waals surface area contributed by atoms with Gasteiger partial charge in [-0.3, -0.25) is 0 Å². The SMILES string of the molecule is CC(C)(C)O[C@@H]1O[C@H](C(=O)O)[C@@H](O)[C@H](O)[C@H]1O. The summed E-state index contributed by atoms with van der Waals surface area (Å²) in [7, 11) is 0. The number of carboxylic acids is 1. The van der Waals surface area contributed by atoms with Gasteiger partial charge < -0.3 is 29.9 Å². The van der Waals surface area contributed by atoms with Gasteiger partial charge in [-0.2, -0.15) is 0 Å². The van der Waals surface area contributed by atoms with Crippen molar-refractivity contribution >= 4 is 5.97 Å². The Kier molecular flexibility index (Phi) is 4.11. The highest BCUT2D eigenvalue weighted by atomic mass is 16.7. The third-order valence-corrected chi connectivity index (χ3v) is 2.28. The average molecular weight is 250 g/mol. The number of aliphatic hydroxyl groups is 3. The molecule has 0 bridgehead atoms. The molecule has 0 aromatic heterocycles. The molecular weight excluding hydrogens is 232 g/mol. The molecule has 17 heavy (non-hydrogen) atoms. The van der Waals surface area contributed by atoms with Crippen molar-refractivity contribution in [2.75, 3.05) is 0 Å². The lowest BCUT2D eigenvalue weighted by molar-refractivity contribution is -0.314. The largest absolute Gasteiger partial charge is 0.479 e. The van der Waals surface area contributed by atoms with Crippen LogP contribution in [0.25, 0.3) is 0 Å². The van der Waals surface area contributed by atoms with Crippen LogP contribution in [0, 0.1) is 0 Å². The maximum Gasteiger partial charge on any atom is 0.335 e. The number of hydrogen-bond acceptors (Lipinski definition) is 6. The van der Waals surface area contributed by atoms with Crippen molar-refractivity contribution in [3.05, 3.63) is 0 Å². The topological polar surface area (TPSA) is 116 Å². The van der Waals surface area contributed by atoms with Crippen LogP contribution in [0.4, 0.5) is 0 Å². The summed E-state index contributed by atoms with van der Waals surface area (Å²) in [4.78, 5) is 10.8. The minimum absolute atomic E-state index is 0.684. The summed E-state index contributed by atoms with van der Waals surface area (Å²) in [5.41, 5.74) is -0.684. The predicted molar refractivity (Wildman–Crippen MR) is 55.2 cm³/mol. The van der Waals surface area contributed by atoms with Crippen molar-refractivity contribution in [1.82, 2.24) is 0 Å². The fraction of sp³-hybridized carbons (Fsp3) is 0.900. The maximum absolute atomic E-state index is 10.8. The highest BCUT2D eigenvalue weighted by Gasteiger charge is 2.48. The van der Waals surface area contributed by atoms with Crippen LogP contribution in [-0.2, 0) is 14.3 Å². The molecule has 0 radical (unpaired) electrons. The molecule has 0 aromatic carbocycles. The van der Waals surface area contributed by atoms with E-state index in [9.17, 15) is 20.1 Å². The molecule has 7 nitrogen and oxygen atoms in total. The van der Waals surface area contributed by atoms with Crippen molar-refractivity contribution in [1.29, 1.82) is 0 Å². The highest BCUT2D eigenvalue weighted by Crippen LogP contribution is 2.25. The molecule has 0 aromatic rings. The van der Waals surface area contributed by atoms with Crippen molar-refractivity contribution in [3.8, 4) is 0 Å². The minimum atomic E-state index is -1.69. The summed E-state index contributed by atoms with van der Waals surface area (Å²) in [6, 6.07) is 0. The molecule has 7 heteroatoms. The van der Waals surface area contributed by atoms with E-state index >= 15 is 0 Å².